The molecule has 18 heavy (non-hydrogen) atoms. The summed E-state index contributed by atoms with van der Waals surface area (Å²) in [6.07, 6.45) is 0. The Kier molecular flexibility index (Phi) is 1.66. The zero-order valence-corrected chi connectivity index (χ0v) is 10.7. The maximum atomic E-state index is 5.77. The summed E-state index contributed by atoms with van der Waals surface area (Å²) in [5, 5.41) is 2.65. The molecule has 0 radical (unpaired) electrons. The Morgan fingerprint density at radius 2 is 1.50 bits per heavy atom. The molecule has 0 amide bonds. The molecule has 1 aromatic heterocycles. The average Bonchev–Trinajstić information content (AvgIpc) is 2.82. The SMILES string of the molecule is Cc1nc2c(o1)-c1ccc(C)c3c(C)ccc-2c13. The fraction of sp³-hybridized carbons (Fsp3) is 0.188. The van der Waals surface area contributed by atoms with Crippen molar-refractivity contribution >= 4 is 10.8 Å². The maximum absolute atomic E-state index is 5.77. The van der Waals surface area contributed by atoms with Crippen LogP contribution in [0.25, 0.3) is 33.4 Å². The van der Waals surface area contributed by atoms with E-state index in [-0.39, 0.29) is 0 Å². The summed E-state index contributed by atoms with van der Waals surface area (Å²) in [7, 11) is 0. The quantitative estimate of drug-likeness (QED) is 0.451. The van der Waals surface area contributed by atoms with Gasteiger partial charge in [-0.2, -0.15) is 0 Å². The number of rotatable bonds is 0. The minimum atomic E-state index is 0.736. The van der Waals surface area contributed by atoms with Crippen LogP contribution >= 0.6 is 0 Å². The van der Waals surface area contributed by atoms with Crippen molar-refractivity contribution in [1.29, 1.82) is 0 Å². The van der Waals surface area contributed by atoms with Crippen LogP contribution in [0.1, 0.15) is 17.0 Å². The Hall–Kier alpha value is -2.09. The third-order valence-electron chi connectivity index (χ3n) is 3.81. The Morgan fingerprint density at radius 3 is 2.22 bits per heavy atom. The number of fused-ring (bicyclic) bond motifs is 3. The molecule has 0 saturated carbocycles. The second kappa shape index (κ2) is 3.02. The van der Waals surface area contributed by atoms with E-state index < -0.39 is 0 Å². The van der Waals surface area contributed by atoms with Crippen LogP contribution in [0.15, 0.2) is 28.7 Å². The van der Waals surface area contributed by atoms with Gasteiger partial charge in [0.15, 0.2) is 11.7 Å². The predicted octanol–water partition coefficient (Wildman–Crippen LogP) is 4.40. The largest absolute Gasteiger partial charge is 0.440 e. The maximum Gasteiger partial charge on any atom is 0.192 e. The number of aryl methyl sites for hydroxylation is 3. The number of hydrogen-bond donors (Lipinski definition) is 0. The molecular weight excluding hydrogens is 222 g/mol. The van der Waals surface area contributed by atoms with E-state index in [1.807, 2.05) is 6.92 Å². The minimum absolute atomic E-state index is 0.736. The summed E-state index contributed by atoms with van der Waals surface area (Å²) >= 11 is 0. The van der Waals surface area contributed by atoms with Crippen molar-refractivity contribution < 1.29 is 4.42 Å². The van der Waals surface area contributed by atoms with E-state index in [9.17, 15) is 0 Å². The molecule has 4 rings (SSSR count). The zero-order valence-electron chi connectivity index (χ0n) is 10.7. The van der Waals surface area contributed by atoms with Crippen LogP contribution in [0.5, 0.6) is 0 Å². The van der Waals surface area contributed by atoms with Gasteiger partial charge in [-0.15, -0.1) is 0 Å². The van der Waals surface area contributed by atoms with Crippen LogP contribution < -0.4 is 0 Å². The number of nitrogens with zero attached hydrogens (tertiary/aromatic N) is 1. The monoisotopic (exact) mass is 235 g/mol. The van der Waals surface area contributed by atoms with Crippen LogP contribution in [-0.2, 0) is 0 Å². The molecule has 1 aliphatic rings. The molecule has 0 saturated heterocycles. The van der Waals surface area contributed by atoms with Crippen LogP contribution in [0.2, 0.25) is 0 Å². The smallest absolute Gasteiger partial charge is 0.192 e. The molecule has 0 fully saturated rings. The lowest BCUT2D eigenvalue weighted by molar-refractivity contribution is 0.535. The average molecular weight is 235 g/mol. The highest BCUT2D eigenvalue weighted by molar-refractivity contribution is 6.14. The first-order valence-electron chi connectivity index (χ1n) is 6.18. The van der Waals surface area contributed by atoms with Crippen LogP contribution in [-0.4, -0.2) is 4.98 Å². The second-order valence-electron chi connectivity index (χ2n) is 5.02. The molecular formula is C16H13NO. The third kappa shape index (κ3) is 1.01. The Morgan fingerprint density at radius 1 is 0.833 bits per heavy atom. The topological polar surface area (TPSA) is 26.0 Å². The molecule has 0 aliphatic heterocycles. The Balaban J connectivity index is 2.28. The van der Waals surface area contributed by atoms with Gasteiger partial charge < -0.3 is 4.42 Å². The van der Waals surface area contributed by atoms with Crippen LogP contribution in [0.3, 0.4) is 0 Å². The summed E-state index contributed by atoms with van der Waals surface area (Å²) in [6.45, 7) is 6.22. The molecule has 3 aromatic rings. The molecule has 0 atom stereocenters. The van der Waals surface area contributed by atoms with Gasteiger partial charge in [0.2, 0.25) is 0 Å². The van der Waals surface area contributed by atoms with E-state index in [4.69, 9.17) is 4.42 Å². The number of benzene rings is 2. The molecule has 1 aliphatic carbocycles. The van der Waals surface area contributed by atoms with Crippen molar-refractivity contribution in [2.24, 2.45) is 0 Å². The molecule has 88 valence electrons. The predicted molar refractivity (Wildman–Crippen MR) is 72.7 cm³/mol. The molecule has 0 N–H and O–H groups in total. The fourth-order valence-corrected chi connectivity index (χ4v) is 3.05. The van der Waals surface area contributed by atoms with Gasteiger partial charge in [-0.05, 0) is 30.4 Å². The van der Waals surface area contributed by atoms with Crippen molar-refractivity contribution in [3.05, 3.63) is 41.3 Å². The van der Waals surface area contributed by atoms with Gasteiger partial charge in [0.25, 0.3) is 0 Å². The Bertz CT molecular complexity index is 749. The second-order valence-corrected chi connectivity index (χ2v) is 5.02. The van der Waals surface area contributed by atoms with Gasteiger partial charge in [-0.25, -0.2) is 4.98 Å². The highest BCUT2D eigenvalue weighted by Crippen LogP contribution is 2.48. The van der Waals surface area contributed by atoms with Gasteiger partial charge in [0.1, 0.15) is 5.69 Å². The van der Waals surface area contributed by atoms with E-state index in [1.165, 1.54) is 33.0 Å². The first kappa shape index (κ1) is 9.89. The standard InChI is InChI=1S/C16H13NO/c1-8-4-6-11-14-12(7-5-9(2)13(8)14)16-15(11)17-10(3)18-16/h4-7H,1-3H3. The summed E-state index contributed by atoms with van der Waals surface area (Å²) in [5.74, 6) is 1.66. The van der Waals surface area contributed by atoms with E-state index >= 15 is 0 Å². The van der Waals surface area contributed by atoms with E-state index in [0.29, 0.717) is 0 Å². The molecule has 0 unspecified atom stereocenters. The van der Waals surface area contributed by atoms with Gasteiger partial charge >= 0.3 is 0 Å². The summed E-state index contributed by atoms with van der Waals surface area (Å²) in [4.78, 5) is 4.52. The van der Waals surface area contributed by atoms with Gasteiger partial charge in [-0.1, -0.05) is 24.3 Å². The van der Waals surface area contributed by atoms with E-state index in [1.54, 1.807) is 0 Å². The highest BCUT2D eigenvalue weighted by atomic mass is 16.4. The van der Waals surface area contributed by atoms with Crippen molar-refractivity contribution in [2.45, 2.75) is 20.8 Å². The lowest BCUT2D eigenvalue weighted by Crippen LogP contribution is -1.85. The zero-order chi connectivity index (χ0) is 12.4. The van der Waals surface area contributed by atoms with Crippen molar-refractivity contribution in [1.82, 2.24) is 4.98 Å². The van der Waals surface area contributed by atoms with Gasteiger partial charge in [0.05, 0.1) is 0 Å². The molecule has 0 bridgehead atoms. The van der Waals surface area contributed by atoms with Crippen molar-refractivity contribution in [2.75, 3.05) is 0 Å². The van der Waals surface area contributed by atoms with Crippen LogP contribution in [0.4, 0.5) is 0 Å². The number of oxazole rings is 1. The van der Waals surface area contributed by atoms with Gasteiger partial charge in [-0.3, -0.25) is 0 Å². The number of hydrogen-bond acceptors (Lipinski definition) is 2. The highest BCUT2D eigenvalue weighted by Gasteiger charge is 2.27. The fourth-order valence-electron chi connectivity index (χ4n) is 3.05. The first-order chi connectivity index (χ1) is 8.66. The van der Waals surface area contributed by atoms with Crippen molar-refractivity contribution in [3.63, 3.8) is 0 Å². The summed E-state index contributed by atoms with van der Waals surface area (Å²) in [5.41, 5.74) is 6.02. The summed E-state index contributed by atoms with van der Waals surface area (Å²) in [6, 6.07) is 8.65. The molecule has 2 heteroatoms. The minimum Gasteiger partial charge on any atom is -0.440 e. The third-order valence-corrected chi connectivity index (χ3v) is 3.81. The summed E-state index contributed by atoms with van der Waals surface area (Å²) < 4.78 is 5.77. The first-order valence-corrected chi connectivity index (χ1v) is 6.18. The normalized spacial score (nSPS) is 12.2. The molecule has 0 spiro atoms. The van der Waals surface area contributed by atoms with E-state index in [2.05, 4.69) is 43.1 Å². The number of aromatic nitrogens is 1. The van der Waals surface area contributed by atoms with Crippen molar-refractivity contribution in [3.8, 4) is 22.6 Å². The van der Waals surface area contributed by atoms with E-state index in [0.717, 1.165) is 17.3 Å². The lowest BCUT2D eigenvalue weighted by Gasteiger charge is -2.08. The van der Waals surface area contributed by atoms with Gasteiger partial charge in [0, 0.05) is 23.4 Å². The molecule has 2 nitrogen and oxygen atoms in total. The lowest BCUT2D eigenvalue weighted by atomic mass is 9.96. The Labute approximate surface area is 105 Å². The molecule has 2 aromatic carbocycles. The van der Waals surface area contributed by atoms with Crippen LogP contribution in [0, 0.1) is 20.8 Å². The molecule has 1 heterocycles.